The van der Waals surface area contributed by atoms with Gasteiger partial charge in [0, 0.05) is 31.0 Å². The summed E-state index contributed by atoms with van der Waals surface area (Å²) in [6, 6.07) is 1.93. The van der Waals surface area contributed by atoms with E-state index in [2.05, 4.69) is 17.1 Å². The van der Waals surface area contributed by atoms with Crippen molar-refractivity contribution in [3.8, 4) is 0 Å². The van der Waals surface area contributed by atoms with Gasteiger partial charge in [-0.1, -0.05) is 0 Å². The molecule has 2 aromatic heterocycles. The third-order valence-corrected chi connectivity index (χ3v) is 2.36. The van der Waals surface area contributed by atoms with E-state index in [9.17, 15) is 0 Å². The van der Waals surface area contributed by atoms with E-state index < -0.39 is 0 Å². The molecule has 2 rings (SSSR count). The molecule has 0 unspecified atom stereocenters. The molecule has 0 saturated carbocycles. The fourth-order valence-electron chi connectivity index (χ4n) is 1.51. The summed E-state index contributed by atoms with van der Waals surface area (Å²) in [6.45, 7) is 4.21. The molecule has 0 radical (unpaired) electrons. The summed E-state index contributed by atoms with van der Waals surface area (Å²) in [5.41, 5.74) is 7.79. The quantitative estimate of drug-likeness (QED) is 0.795. The summed E-state index contributed by atoms with van der Waals surface area (Å²) in [5, 5.41) is 8.43. The molecule has 0 aromatic carbocycles. The van der Waals surface area contributed by atoms with Crippen LogP contribution in [0, 0.1) is 0 Å². The van der Waals surface area contributed by atoms with Crippen LogP contribution >= 0.6 is 0 Å². The van der Waals surface area contributed by atoms with Crippen LogP contribution in [0.15, 0.2) is 24.7 Å². The Balaban J connectivity index is 2.14. The van der Waals surface area contributed by atoms with Crippen molar-refractivity contribution in [1.82, 2.24) is 19.6 Å². The summed E-state index contributed by atoms with van der Waals surface area (Å²) in [7, 11) is 0. The van der Waals surface area contributed by atoms with Gasteiger partial charge >= 0.3 is 0 Å². The predicted molar refractivity (Wildman–Crippen MR) is 57.1 cm³/mol. The Kier molecular flexibility index (Phi) is 2.82. The minimum Gasteiger partial charge on any atom is -0.325 e. The van der Waals surface area contributed by atoms with Crippen molar-refractivity contribution in [3.05, 3.63) is 35.9 Å². The Labute approximate surface area is 88.5 Å². The number of nitrogens with zero attached hydrogens (tertiary/aromatic N) is 4. The fourth-order valence-corrected chi connectivity index (χ4v) is 1.51. The zero-order chi connectivity index (χ0) is 10.7. The van der Waals surface area contributed by atoms with Crippen LogP contribution in [0.4, 0.5) is 0 Å². The Morgan fingerprint density at radius 3 is 2.93 bits per heavy atom. The zero-order valence-electron chi connectivity index (χ0n) is 8.80. The van der Waals surface area contributed by atoms with E-state index in [4.69, 9.17) is 5.73 Å². The lowest BCUT2D eigenvalue weighted by Crippen LogP contribution is -2.09. The number of rotatable bonds is 4. The average Bonchev–Trinajstić information content (AvgIpc) is 2.87. The molecule has 2 aromatic rings. The van der Waals surface area contributed by atoms with Gasteiger partial charge in [0.1, 0.15) is 0 Å². The molecule has 0 bridgehead atoms. The van der Waals surface area contributed by atoms with Gasteiger partial charge in [0.25, 0.3) is 0 Å². The highest BCUT2D eigenvalue weighted by atomic mass is 15.3. The van der Waals surface area contributed by atoms with Crippen LogP contribution in [0.1, 0.15) is 18.2 Å². The van der Waals surface area contributed by atoms with E-state index in [1.807, 2.05) is 27.8 Å². The molecule has 0 atom stereocenters. The van der Waals surface area contributed by atoms with E-state index in [0.29, 0.717) is 6.54 Å². The summed E-state index contributed by atoms with van der Waals surface area (Å²) in [4.78, 5) is 0. The van der Waals surface area contributed by atoms with Crippen molar-refractivity contribution < 1.29 is 0 Å². The van der Waals surface area contributed by atoms with Crippen molar-refractivity contribution in [1.29, 1.82) is 0 Å². The number of aryl methyl sites for hydroxylation is 1. The number of hydrogen-bond donors (Lipinski definition) is 1. The van der Waals surface area contributed by atoms with Gasteiger partial charge in [0.05, 0.1) is 18.4 Å². The van der Waals surface area contributed by atoms with Crippen molar-refractivity contribution in [2.24, 2.45) is 5.73 Å². The molecule has 80 valence electrons. The maximum atomic E-state index is 5.60. The number of hydrogen-bond acceptors (Lipinski definition) is 3. The van der Waals surface area contributed by atoms with Crippen LogP contribution in [-0.2, 0) is 19.6 Å². The van der Waals surface area contributed by atoms with E-state index in [-0.39, 0.29) is 0 Å². The maximum absolute atomic E-state index is 5.60. The first-order valence-corrected chi connectivity index (χ1v) is 5.05. The minimum atomic E-state index is 0.516. The predicted octanol–water partition coefficient (Wildman–Crippen LogP) is 0.606. The topological polar surface area (TPSA) is 61.7 Å². The first-order valence-electron chi connectivity index (χ1n) is 5.05. The Morgan fingerprint density at radius 1 is 1.40 bits per heavy atom. The van der Waals surface area contributed by atoms with Gasteiger partial charge in [0.2, 0.25) is 0 Å². The molecule has 0 saturated heterocycles. The van der Waals surface area contributed by atoms with Crippen LogP contribution in [0.2, 0.25) is 0 Å². The van der Waals surface area contributed by atoms with Gasteiger partial charge in [-0.3, -0.25) is 9.36 Å². The Hall–Kier alpha value is -1.62. The number of aromatic nitrogens is 4. The average molecular weight is 205 g/mol. The molecule has 0 amide bonds. The van der Waals surface area contributed by atoms with Crippen molar-refractivity contribution in [2.75, 3.05) is 0 Å². The molecule has 0 aliphatic rings. The molecule has 0 aliphatic carbocycles. The molecule has 2 N–H and O–H groups in total. The lowest BCUT2D eigenvalue weighted by molar-refractivity contribution is 0.639. The molecule has 15 heavy (non-hydrogen) atoms. The third kappa shape index (κ3) is 2.07. The summed E-state index contributed by atoms with van der Waals surface area (Å²) >= 11 is 0. The number of nitrogens with two attached hydrogens (primary N) is 1. The summed E-state index contributed by atoms with van der Waals surface area (Å²) in [5.74, 6) is 0. The van der Waals surface area contributed by atoms with Crippen LogP contribution < -0.4 is 5.73 Å². The second-order valence-corrected chi connectivity index (χ2v) is 3.39. The molecule has 0 fully saturated rings. The Bertz CT molecular complexity index is 428. The highest BCUT2D eigenvalue weighted by Gasteiger charge is 2.03. The van der Waals surface area contributed by atoms with E-state index in [1.54, 1.807) is 6.20 Å². The third-order valence-electron chi connectivity index (χ3n) is 2.36. The standard InChI is InChI=1S/C10H15N5/c1-2-14-7-9(6-13-14)8-15-10(5-11)3-4-12-15/h3-4,6-7H,2,5,8,11H2,1H3. The van der Waals surface area contributed by atoms with Crippen LogP contribution in [-0.4, -0.2) is 19.6 Å². The maximum Gasteiger partial charge on any atom is 0.0693 e. The second kappa shape index (κ2) is 4.27. The second-order valence-electron chi connectivity index (χ2n) is 3.39. The van der Waals surface area contributed by atoms with Crippen LogP contribution in [0.3, 0.4) is 0 Å². The van der Waals surface area contributed by atoms with Gasteiger partial charge in [-0.15, -0.1) is 0 Å². The van der Waals surface area contributed by atoms with Crippen LogP contribution in [0.25, 0.3) is 0 Å². The van der Waals surface area contributed by atoms with Gasteiger partial charge in [-0.2, -0.15) is 10.2 Å². The van der Waals surface area contributed by atoms with Crippen molar-refractivity contribution in [3.63, 3.8) is 0 Å². The van der Waals surface area contributed by atoms with Gasteiger partial charge in [-0.05, 0) is 13.0 Å². The Morgan fingerprint density at radius 2 is 2.27 bits per heavy atom. The van der Waals surface area contributed by atoms with Gasteiger partial charge in [-0.25, -0.2) is 0 Å². The van der Waals surface area contributed by atoms with Crippen molar-refractivity contribution in [2.45, 2.75) is 26.6 Å². The zero-order valence-corrected chi connectivity index (χ0v) is 8.80. The van der Waals surface area contributed by atoms with E-state index >= 15 is 0 Å². The molecule has 0 spiro atoms. The summed E-state index contributed by atoms with van der Waals surface area (Å²) < 4.78 is 3.80. The van der Waals surface area contributed by atoms with E-state index in [0.717, 1.165) is 24.3 Å². The van der Waals surface area contributed by atoms with Crippen LogP contribution in [0.5, 0.6) is 0 Å². The SMILES string of the molecule is CCn1cc(Cn2nccc2CN)cn1. The lowest BCUT2D eigenvalue weighted by atomic mass is 10.3. The smallest absolute Gasteiger partial charge is 0.0693 e. The molecule has 5 nitrogen and oxygen atoms in total. The highest BCUT2D eigenvalue weighted by molar-refractivity contribution is 5.08. The highest BCUT2D eigenvalue weighted by Crippen LogP contribution is 2.04. The first-order chi connectivity index (χ1) is 7.33. The lowest BCUT2D eigenvalue weighted by Gasteiger charge is -2.03. The minimum absolute atomic E-state index is 0.516. The summed E-state index contributed by atoms with van der Waals surface area (Å²) in [6.07, 6.45) is 5.67. The molecule has 2 heterocycles. The molecule has 0 aliphatic heterocycles. The fraction of sp³-hybridized carbons (Fsp3) is 0.400. The molecular weight excluding hydrogens is 190 g/mol. The normalized spacial score (nSPS) is 10.8. The van der Waals surface area contributed by atoms with Crippen molar-refractivity contribution >= 4 is 0 Å². The first kappa shape index (κ1) is 9.92. The monoisotopic (exact) mass is 205 g/mol. The van der Waals surface area contributed by atoms with E-state index in [1.165, 1.54) is 0 Å². The van der Waals surface area contributed by atoms with Gasteiger partial charge in [0.15, 0.2) is 0 Å². The molecular formula is C10H15N5. The molecule has 5 heteroatoms. The largest absolute Gasteiger partial charge is 0.325 e. The van der Waals surface area contributed by atoms with Gasteiger partial charge < -0.3 is 5.73 Å².